The Bertz CT molecular complexity index is 1640. The topological polar surface area (TPSA) is 40.6 Å². The molecule has 0 fully saturated rings. The molecule has 276 valence electrons. The van der Waals surface area contributed by atoms with Crippen molar-refractivity contribution >= 4 is 54.1 Å². The molecule has 2 aromatic rings. The Balaban J connectivity index is 2.16. The van der Waals surface area contributed by atoms with Crippen LogP contribution in [0.5, 0.6) is 0 Å². The molecule has 0 saturated heterocycles. The molecule has 4 nitrogen and oxygen atoms in total. The summed E-state index contributed by atoms with van der Waals surface area (Å²) in [5, 5.41) is 0. The van der Waals surface area contributed by atoms with Gasteiger partial charge >= 0.3 is 315 Å². The number of alkyl halides is 2. The quantitative estimate of drug-likeness (QED) is 0.0967. The molecule has 51 heavy (non-hydrogen) atoms. The molecule has 0 saturated carbocycles. The molecule has 0 spiro atoms. The molecule has 0 N–H and O–H groups in total. The third-order valence-electron chi connectivity index (χ3n) is 9.77. The fraction of sp³-hybridized carbons (Fsp3) is 0.450. The van der Waals surface area contributed by atoms with Gasteiger partial charge in [-0.1, -0.05) is 0 Å². The number of amides is 2. The van der Waals surface area contributed by atoms with E-state index in [2.05, 4.69) is 0 Å². The third kappa shape index (κ3) is 7.86. The van der Waals surface area contributed by atoms with Crippen molar-refractivity contribution in [2.75, 3.05) is 34.6 Å². The van der Waals surface area contributed by atoms with E-state index >= 15 is 17.6 Å². The molecule has 2 aromatic carbocycles. The van der Waals surface area contributed by atoms with Crippen molar-refractivity contribution in [3.63, 3.8) is 0 Å². The zero-order valence-corrected chi connectivity index (χ0v) is 33.4. The summed E-state index contributed by atoms with van der Waals surface area (Å²) in [4.78, 5) is 30.5. The van der Waals surface area contributed by atoms with E-state index in [0.717, 1.165) is 12.1 Å². The molecular formula is C40H48Cl2F4N2O2Ti. The number of benzene rings is 2. The summed E-state index contributed by atoms with van der Waals surface area (Å²) in [6.07, 6.45) is 13.4. The molecule has 0 radical (unpaired) electrons. The summed E-state index contributed by atoms with van der Waals surface area (Å²) in [6, 6.07) is 4.65. The van der Waals surface area contributed by atoms with E-state index in [-0.39, 0.29) is 49.1 Å². The van der Waals surface area contributed by atoms with Crippen molar-refractivity contribution in [3.05, 3.63) is 91.7 Å². The van der Waals surface area contributed by atoms with Crippen LogP contribution in [0.4, 0.5) is 28.9 Å². The van der Waals surface area contributed by atoms with Crippen LogP contribution < -0.4 is 17.5 Å². The van der Waals surface area contributed by atoms with Crippen LogP contribution in [0.2, 0.25) is 0 Å². The number of rotatable bonds is 16. The number of halogens is 6. The van der Waals surface area contributed by atoms with Crippen LogP contribution in [0.3, 0.4) is 0 Å². The standard InChI is InChI=1S/2C15H19ClF2NO.2C5H5.Ti/c2*1-4-5-8-19(14(20)15(2,3)10-16)13-7-6-11(17)9-12(13)18;2*1-2-4-5-3-1;/h2*6-7H,4-5,8,10H2,1-3H3;2*1-3H,4H2;. The first-order chi connectivity index (χ1) is 24.1. The first kappa shape index (κ1) is 41.1. The van der Waals surface area contributed by atoms with Crippen LogP contribution in [0, 0.1) is 34.1 Å². The number of hydrogen-bond donors (Lipinski definition) is 0. The Morgan fingerprint density at radius 1 is 0.686 bits per heavy atom. The molecule has 2 aliphatic rings. The van der Waals surface area contributed by atoms with Crippen molar-refractivity contribution < 1.29 is 43.7 Å². The second kappa shape index (κ2) is 17.0. The van der Waals surface area contributed by atoms with Crippen LogP contribution in [0.25, 0.3) is 0 Å². The van der Waals surface area contributed by atoms with Gasteiger partial charge in [0.1, 0.15) is 0 Å². The summed E-state index contributed by atoms with van der Waals surface area (Å²) < 4.78 is 69.3. The van der Waals surface area contributed by atoms with Gasteiger partial charge in [-0.25, -0.2) is 0 Å². The van der Waals surface area contributed by atoms with Gasteiger partial charge in [-0.3, -0.25) is 0 Å². The molecule has 0 bridgehead atoms. The SMILES string of the molecule is CCCCN(C(=O)C(C)(C)CCl)c1ccc(F)[c]([Ti]([C]2=CC=CC2)([C]2=CC=CC2)[c]2c(F)ccc(N(CCCC)C(=O)C(C)(C)CCl)c2F)c1F. The second-order valence-electron chi connectivity index (χ2n) is 14.6. The van der Waals surface area contributed by atoms with E-state index in [1.54, 1.807) is 64.2 Å². The van der Waals surface area contributed by atoms with Gasteiger partial charge in [0.25, 0.3) is 0 Å². The predicted octanol–water partition coefficient (Wildman–Crippen LogP) is 9.83. The van der Waals surface area contributed by atoms with Crippen LogP contribution in [0.1, 0.15) is 80.1 Å². The average molecular weight is 784 g/mol. The molecule has 11 heteroatoms. The fourth-order valence-electron chi connectivity index (χ4n) is 6.75. The van der Waals surface area contributed by atoms with Crippen molar-refractivity contribution in [1.82, 2.24) is 0 Å². The zero-order chi connectivity index (χ0) is 37.7. The number of carbonyl (C=O) groups is 2. The average Bonchev–Trinajstić information content (AvgIpc) is 3.85. The minimum absolute atomic E-state index is 0.0417. The Labute approximate surface area is 313 Å². The number of carbonyl (C=O) groups excluding carboxylic acids is 2. The van der Waals surface area contributed by atoms with E-state index in [1.807, 2.05) is 13.8 Å². The van der Waals surface area contributed by atoms with Crippen molar-refractivity contribution in [1.29, 1.82) is 0 Å². The molecule has 2 amide bonds. The second-order valence-corrected chi connectivity index (χ2v) is 21.0. The number of unbranched alkanes of at least 4 members (excludes halogenated alkanes) is 2. The van der Waals surface area contributed by atoms with Crippen LogP contribution in [0.15, 0.2) is 68.5 Å². The van der Waals surface area contributed by atoms with Gasteiger partial charge in [-0.15, -0.1) is 0 Å². The van der Waals surface area contributed by atoms with Gasteiger partial charge in [0.05, 0.1) is 0 Å². The van der Waals surface area contributed by atoms with E-state index in [4.69, 9.17) is 23.2 Å². The normalized spacial score (nSPS) is 14.6. The molecule has 0 aliphatic heterocycles. The van der Waals surface area contributed by atoms with E-state index < -0.39 is 70.2 Å². The summed E-state index contributed by atoms with van der Waals surface area (Å²) in [5.41, 5.74) is -2.50. The summed E-state index contributed by atoms with van der Waals surface area (Å²) in [7, 11) is 0. The molecule has 2 aliphatic carbocycles. The van der Waals surface area contributed by atoms with Crippen LogP contribution in [-0.2, 0) is 26.2 Å². The van der Waals surface area contributed by atoms with Gasteiger partial charge in [0, 0.05) is 0 Å². The number of allylic oxidation sites excluding steroid dienone is 8. The van der Waals surface area contributed by atoms with Crippen molar-refractivity contribution in [2.24, 2.45) is 10.8 Å². The van der Waals surface area contributed by atoms with Crippen molar-refractivity contribution in [2.45, 2.75) is 80.1 Å². The van der Waals surface area contributed by atoms with Gasteiger partial charge in [-0.05, 0) is 0 Å². The fourth-order valence-corrected chi connectivity index (χ4v) is 15.2. The van der Waals surface area contributed by atoms with Gasteiger partial charge in [0.2, 0.25) is 0 Å². The molecule has 4 rings (SSSR count). The summed E-state index contributed by atoms with van der Waals surface area (Å²) >= 11 is 7.10. The van der Waals surface area contributed by atoms with E-state index in [9.17, 15) is 9.59 Å². The number of anilines is 2. The Hall–Kier alpha value is -2.65. The first-order valence-corrected chi connectivity index (χ1v) is 21.8. The minimum atomic E-state index is -5.30. The maximum atomic E-state index is 17.7. The summed E-state index contributed by atoms with van der Waals surface area (Å²) in [6.45, 7) is 10.8. The third-order valence-corrected chi connectivity index (χ3v) is 19.0. The maximum absolute atomic E-state index is 17.7. The van der Waals surface area contributed by atoms with Crippen LogP contribution in [-0.4, -0.2) is 36.7 Å². The molecule has 0 aromatic heterocycles. The molecule has 0 heterocycles. The van der Waals surface area contributed by atoms with Gasteiger partial charge in [-0.2, -0.15) is 0 Å². The Morgan fingerprint density at radius 2 is 1.06 bits per heavy atom. The Kier molecular flexibility index (Phi) is 13.7. The van der Waals surface area contributed by atoms with E-state index in [1.165, 1.54) is 21.9 Å². The van der Waals surface area contributed by atoms with E-state index in [0.29, 0.717) is 33.4 Å². The number of hydrogen-bond acceptors (Lipinski definition) is 2. The molecule has 0 unspecified atom stereocenters. The van der Waals surface area contributed by atoms with Crippen LogP contribution >= 0.6 is 23.2 Å². The van der Waals surface area contributed by atoms with Gasteiger partial charge in [0.15, 0.2) is 0 Å². The summed E-state index contributed by atoms with van der Waals surface area (Å²) in [5.74, 6) is -4.95. The molecular weight excluding hydrogens is 735 g/mol. The zero-order valence-electron chi connectivity index (χ0n) is 30.3. The van der Waals surface area contributed by atoms with Crippen molar-refractivity contribution in [3.8, 4) is 0 Å². The first-order valence-electron chi connectivity index (χ1n) is 17.6. The van der Waals surface area contributed by atoms with Gasteiger partial charge < -0.3 is 0 Å². The Morgan fingerprint density at radius 3 is 1.35 bits per heavy atom. The monoisotopic (exact) mass is 782 g/mol. The molecule has 0 atom stereocenters. The predicted molar refractivity (Wildman–Crippen MR) is 199 cm³/mol. The number of nitrogens with zero attached hydrogens (tertiary/aromatic N) is 2.